The van der Waals surface area contributed by atoms with Gasteiger partial charge in [0.1, 0.15) is 18.0 Å². The first-order valence-corrected chi connectivity index (χ1v) is 8.90. The topological polar surface area (TPSA) is 87.9 Å². The molecule has 0 amide bonds. The number of pyridine rings is 2. The number of hydrogen-bond donors (Lipinski definition) is 1. The Morgan fingerprint density at radius 2 is 1.93 bits per heavy atom. The van der Waals surface area contributed by atoms with Crippen LogP contribution in [-0.4, -0.2) is 28.6 Å². The van der Waals surface area contributed by atoms with Crippen LogP contribution in [0.2, 0.25) is 0 Å². The third kappa shape index (κ3) is 4.51. The second-order valence-electron chi connectivity index (χ2n) is 6.33. The average molecular weight is 372 g/mol. The molecule has 1 N–H and O–H groups in total. The maximum atomic E-state index is 12.1. The van der Waals surface area contributed by atoms with Crippen LogP contribution in [0.5, 0.6) is 0 Å². The van der Waals surface area contributed by atoms with Crippen LogP contribution in [0.15, 0.2) is 60.9 Å². The highest BCUT2D eigenvalue weighted by molar-refractivity contribution is 5.89. The van der Waals surface area contributed by atoms with Crippen LogP contribution in [0, 0.1) is 18.3 Å². The molecule has 1 aromatic carbocycles. The van der Waals surface area contributed by atoms with E-state index in [2.05, 4.69) is 21.4 Å². The Labute approximate surface area is 163 Å². The number of aromatic nitrogens is 2. The Morgan fingerprint density at radius 1 is 1.21 bits per heavy atom. The lowest BCUT2D eigenvalue weighted by Gasteiger charge is -2.16. The van der Waals surface area contributed by atoms with Crippen LogP contribution in [0.4, 0.5) is 5.82 Å². The molecule has 3 aromatic rings. The van der Waals surface area contributed by atoms with Crippen LogP contribution < -0.4 is 5.32 Å². The number of benzene rings is 1. The van der Waals surface area contributed by atoms with Crippen molar-refractivity contribution in [1.82, 2.24) is 9.97 Å². The van der Waals surface area contributed by atoms with E-state index in [0.717, 1.165) is 16.8 Å². The number of nitrogens with zero attached hydrogens (tertiary/aromatic N) is 3. The van der Waals surface area contributed by atoms with E-state index in [1.165, 1.54) is 0 Å². The lowest BCUT2D eigenvalue weighted by molar-refractivity contribution is 0.0366. The molecule has 1 atom stereocenters. The molecule has 140 valence electrons. The van der Waals surface area contributed by atoms with Crippen LogP contribution >= 0.6 is 0 Å². The lowest BCUT2D eigenvalue weighted by atomic mass is 10.0. The number of nitrogens with one attached hydrogen (secondary N) is 1. The molecule has 0 radical (unpaired) electrons. The SMILES string of the molecule is Cc1nc(NCC(C)OC(=O)c2ccccc2)c(C#N)cc1-c1ccncc1. The van der Waals surface area contributed by atoms with Crippen LogP contribution in [0.3, 0.4) is 0 Å². The van der Waals surface area contributed by atoms with Gasteiger partial charge in [0, 0.05) is 23.7 Å². The Bertz CT molecular complexity index is 998. The molecule has 28 heavy (non-hydrogen) atoms. The van der Waals surface area contributed by atoms with E-state index in [1.54, 1.807) is 49.6 Å². The summed E-state index contributed by atoms with van der Waals surface area (Å²) in [5.41, 5.74) is 3.56. The summed E-state index contributed by atoms with van der Waals surface area (Å²) in [5, 5.41) is 12.6. The smallest absolute Gasteiger partial charge is 0.338 e. The van der Waals surface area contributed by atoms with Crippen molar-refractivity contribution in [2.45, 2.75) is 20.0 Å². The number of aryl methyl sites for hydroxylation is 1. The molecule has 6 heteroatoms. The van der Waals surface area contributed by atoms with Gasteiger partial charge in [0.2, 0.25) is 0 Å². The zero-order valence-electron chi connectivity index (χ0n) is 15.7. The van der Waals surface area contributed by atoms with Crippen molar-refractivity contribution in [3.8, 4) is 17.2 Å². The predicted molar refractivity (Wildman–Crippen MR) is 107 cm³/mol. The van der Waals surface area contributed by atoms with Gasteiger partial charge in [0.15, 0.2) is 0 Å². The van der Waals surface area contributed by atoms with Crippen molar-refractivity contribution in [2.24, 2.45) is 0 Å². The first kappa shape index (κ1) is 19.1. The fraction of sp³-hybridized carbons (Fsp3) is 0.182. The summed E-state index contributed by atoms with van der Waals surface area (Å²) in [7, 11) is 0. The molecule has 0 bridgehead atoms. The minimum absolute atomic E-state index is 0.342. The molecular weight excluding hydrogens is 352 g/mol. The van der Waals surface area contributed by atoms with E-state index in [-0.39, 0.29) is 12.1 Å². The van der Waals surface area contributed by atoms with Gasteiger partial charge in [-0.15, -0.1) is 0 Å². The molecule has 6 nitrogen and oxygen atoms in total. The third-order valence-electron chi connectivity index (χ3n) is 4.20. The number of anilines is 1. The van der Waals surface area contributed by atoms with Crippen molar-refractivity contribution in [3.05, 3.63) is 77.7 Å². The van der Waals surface area contributed by atoms with Crippen molar-refractivity contribution < 1.29 is 9.53 Å². The van der Waals surface area contributed by atoms with E-state index in [1.807, 2.05) is 25.1 Å². The van der Waals surface area contributed by atoms with E-state index in [9.17, 15) is 10.1 Å². The predicted octanol–water partition coefficient (Wildman–Crippen LogP) is 3.98. The molecule has 0 aliphatic heterocycles. The zero-order chi connectivity index (χ0) is 19.9. The summed E-state index contributed by atoms with van der Waals surface area (Å²) in [6, 6.07) is 16.6. The minimum Gasteiger partial charge on any atom is -0.457 e. The molecule has 0 fully saturated rings. The van der Waals surface area contributed by atoms with Gasteiger partial charge >= 0.3 is 5.97 Å². The zero-order valence-corrected chi connectivity index (χ0v) is 15.7. The monoisotopic (exact) mass is 372 g/mol. The van der Waals surface area contributed by atoms with Crippen molar-refractivity contribution in [1.29, 1.82) is 5.26 Å². The van der Waals surface area contributed by atoms with Gasteiger partial charge in [-0.3, -0.25) is 4.98 Å². The van der Waals surface area contributed by atoms with Gasteiger partial charge in [0.05, 0.1) is 17.7 Å². The first-order chi connectivity index (χ1) is 13.6. The largest absolute Gasteiger partial charge is 0.457 e. The van der Waals surface area contributed by atoms with Gasteiger partial charge < -0.3 is 10.1 Å². The molecule has 3 rings (SSSR count). The van der Waals surface area contributed by atoms with Gasteiger partial charge in [-0.25, -0.2) is 9.78 Å². The fourth-order valence-corrected chi connectivity index (χ4v) is 2.76. The number of carbonyl (C=O) groups is 1. The lowest BCUT2D eigenvalue weighted by Crippen LogP contribution is -2.24. The molecule has 0 saturated carbocycles. The molecule has 0 saturated heterocycles. The number of hydrogen-bond acceptors (Lipinski definition) is 6. The highest BCUT2D eigenvalue weighted by atomic mass is 16.5. The molecule has 2 aromatic heterocycles. The Kier molecular flexibility index (Phi) is 5.97. The Morgan fingerprint density at radius 3 is 2.61 bits per heavy atom. The van der Waals surface area contributed by atoms with Crippen LogP contribution in [0.1, 0.15) is 28.5 Å². The highest BCUT2D eigenvalue weighted by Gasteiger charge is 2.14. The fourth-order valence-electron chi connectivity index (χ4n) is 2.76. The average Bonchev–Trinajstić information content (AvgIpc) is 2.73. The van der Waals surface area contributed by atoms with Gasteiger partial charge in [-0.2, -0.15) is 5.26 Å². The summed E-state index contributed by atoms with van der Waals surface area (Å²) < 4.78 is 5.44. The summed E-state index contributed by atoms with van der Waals surface area (Å²) >= 11 is 0. The number of nitriles is 1. The number of ether oxygens (including phenoxy) is 1. The summed E-state index contributed by atoms with van der Waals surface area (Å²) in [4.78, 5) is 20.7. The van der Waals surface area contributed by atoms with Gasteiger partial charge in [0.25, 0.3) is 0 Å². The van der Waals surface area contributed by atoms with Crippen LogP contribution in [0.25, 0.3) is 11.1 Å². The Hall–Kier alpha value is -3.72. The van der Waals surface area contributed by atoms with E-state index in [4.69, 9.17) is 4.74 Å². The number of rotatable bonds is 6. The molecule has 0 spiro atoms. The van der Waals surface area contributed by atoms with Crippen molar-refractivity contribution in [2.75, 3.05) is 11.9 Å². The highest BCUT2D eigenvalue weighted by Crippen LogP contribution is 2.26. The second kappa shape index (κ2) is 8.78. The van der Waals surface area contributed by atoms with E-state index < -0.39 is 0 Å². The number of carbonyl (C=O) groups excluding carboxylic acids is 1. The quantitative estimate of drug-likeness (QED) is 0.659. The summed E-state index contributed by atoms with van der Waals surface area (Å²) in [6.07, 6.45) is 3.02. The van der Waals surface area contributed by atoms with E-state index >= 15 is 0 Å². The van der Waals surface area contributed by atoms with Crippen molar-refractivity contribution in [3.63, 3.8) is 0 Å². The summed E-state index contributed by atoms with van der Waals surface area (Å²) in [5.74, 6) is 0.0907. The maximum Gasteiger partial charge on any atom is 0.338 e. The molecule has 0 aliphatic rings. The first-order valence-electron chi connectivity index (χ1n) is 8.90. The van der Waals surface area contributed by atoms with Gasteiger partial charge in [-0.1, -0.05) is 18.2 Å². The summed E-state index contributed by atoms with van der Waals surface area (Å²) in [6.45, 7) is 4.02. The van der Waals surface area contributed by atoms with Crippen molar-refractivity contribution >= 4 is 11.8 Å². The molecule has 1 unspecified atom stereocenters. The minimum atomic E-state index is -0.388. The molecular formula is C22H20N4O2. The van der Waals surface area contributed by atoms with Gasteiger partial charge in [-0.05, 0) is 49.7 Å². The number of esters is 1. The standard InChI is InChI=1S/C22H20N4O2/c1-15(28-22(27)18-6-4-3-5-7-18)14-25-21-19(13-23)12-20(16(2)26-21)17-8-10-24-11-9-17/h3-12,15H,14H2,1-2H3,(H,25,26). The third-order valence-corrected chi connectivity index (χ3v) is 4.20. The van der Waals surface area contributed by atoms with E-state index in [0.29, 0.717) is 23.5 Å². The molecule has 0 aliphatic carbocycles. The maximum absolute atomic E-state index is 12.1. The Balaban J connectivity index is 1.70. The van der Waals surface area contributed by atoms with Crippen LogP contribution in [-0.2, 0) is 4.74 Å². The second-order valence-corrected chi connectivity index (χ2v) is 6.33. The molecule has 2 heterocycles. The normalized spacial score (nSPS) is 11.3.